The van der Waals surface area contributed by atoms with E-state index in [-0.39, 0.29) is 6.42 Å². The van der Waals surface area contributed by atoms with Crippen molar-refractivity contribution in [2.24, 2.45) is 5.92 Å². The van der Waals surface area contributed by atoms with Crippen LogP contribution in [0.25, 0.3) is 0 Å². The zero-order chi connectivity index (χ0) is 17.5. The van der Waals surface area contributed by atoms with Crippen molar-refractivity contribution >= 4 is 5.97 Å². The third kappa shape index (κ3) is 2.21. The number of hydrogen-bond acceptors (Lipinski definition) is 7. The number of esters is 1. The SMILES string of the molecule is COc1ccc([C@@H]2[C@H]3CC[C@H](O)[C@]2([N+](=O)[O-])COC3=O)cc1OC. The van der Waals surface area contributed by atoms with E-state index in [4.69, 9.17) is 14.2 Å². The summed E-state index contributed by atoms with van der Waals surface area (Å²) in [5, 5.41) is 22.3. The highest BCUT2D eigenvalue weighted by atomic mass is 16.6. The Kier molecular flexibility index (Phi) is 4.08. The number of hydrogen-bond donors (Lipinski definition) is 1. The molecule has 1 aliphatic heterocycles. The summed E-state index contributed by atoms with van der Waals surface area (Å²) in [5.74, 6) is -0.998. The molecule has 8 nitrogen and oxygen atoms in total. The van der Waals surface area contributed by atoms with Crippen LogP contribution in [0.15, 0.2) is 18.2 Å². The van der Waals surface area contributed by atoms with E-state index in [1.165, 1.54) is 14.2 Å². The predicted octanol–water partition coefficient (Wildman–Crippen LogP) is 1.13. The highest BCUT2D eigenvalue weighted by Gasteiger charge is 2.66. The molecule has 1 aliphatic carbocycles. The van der Waals surface area contributed by atoms with E-state index in [0.717, 1.165) is 0 Å². The predicted molar refractivity (Wildman–Crippen MR) is 81.7 cm³/mol. The molecular formula is C16H19NO7. The van der Waals surface area contributed by atoms with Crippen LogP contribution in [-0.2, 0) is 9.53 Å². The van der Waals surface area contributed by atoms with Crippen LogP contribution in [0, 0.1) is 16.0 Å². The first-order chi connectivity index (χ1) is 11.5. The third-order valence-corrected chi connectivity index (χ3v) is 5.12. The smallest absolute Gasteiger partial charge is 0.310 e. The molecule has 1 N–H and O–H groups in total. The van der Waals surface area contributed by atoms with Gasteiger partial charge in [-0.1, -0.05) is 6.07 Å². The van der Waals surface area contributed by atoms with Crippen LogP contribution in [-0.4, -0.2) is 48.5 Å². The fraction of sp³-hybridized carbons (Fsp3) is 0.562. The van der Waals surface area contributed by atoms with Gasteiger partial charge in [-0.3, -0.25) is 14.9 Å². The lowest BCUT2D eigenvalue weighted by Crippen LogP contribution is -2.65. The maximum atomic E-state index is 12.2. The first kappa shape index (κ1) is 16.5. The molecule has 1 saturated carbocycles. The van der Waals surface area contributed by atoms with Crippen LogP contribution in [0.4, 0.5) is 0 Å². The molecule has 8 heteroatoms. The Morgan fingerprint density at radius 3 is 2.62 bits per heavy atom. The fourth-order valence-electron chi connectivity index (χ4n) is 3.90. The number of aliphatic hydroxyl groups is 1. The quantitative estimate of drug-likeness (QED) is 0.498. The molecule has 1 saturated heterocycles. The van der Waals surface area contributed by atoms with Crippen LogP contribution >= 0.6 is 0 Å². The lowest BCUT2D eigenvalue weighted by atomic mass is 9.62. The van der Waals surface area contributed by atoms with Gasteiger partial charge < -0.3 is 19.3 Å². The minimum atomic E-state index is -1.74. The zero-order valence-electron chi connectivity index (χ0n) is 13.4. The Morgan fingerprint density at radius 1 is 1.29 bits per heavy atom. The molecule has 2 bridgehead atoms. The van der Waals surface area contributed by atoms with Crippen molar-refractivity contribution in [3.63, 3.8) is 0 Å². The molecule has 1 aromatic carbocycles. The molecule has 1 aromatic rings. The van der Waals surface area contributed by atoms with Crippen molar-refractivity contribution in [2.75, 3.05) is 20.8 Å². The maximum Gasteiger partial charge on any atom is 0.310 e. The van der Waals surface area contributed by atoms with Gasteiger partial charge in [0.15, 0.2) is 18.1 Å². The zero-order valence-corrected chi connectivity index (χ0v) is 13.4. The van der Waals surface area contributed by atoms with E-state index in [0.29, 0.717) is 23.5 Å². The van der Waals surface area contributed by atoms with Crippen LogP contribution < -0.4 is 9.47 Å². The second-order valence-corrected chi connectivity index (χ2v) is 6.15. The first-order valence-electron chi connectivity index (χ1n) is 7.66. The Morgan fingerprint density at radius 2 is 2.00 bits per heavy atom. The van der Waals surface area contributed by atoms with Gasteiger partial charge in [0.25, 0.3) is 5.54 Å². The molecule has 0 radical (unpaired) electrons. The summed E-state index contributed by atoms with van der Waals surface area (Å²) in [6.07, 6.45) is -0.644. The van der Waals surface area contributed by atoms with Crippen LogP contribution in [0.5, 0.6) is 11.5 Å². The largest absolute Gasteiger partial charge is 0.493 e. The van der Waals surface area contributed by atoms with Crippen molar-refractivity contribution in [3.8, 4) is 11.5 Å². The Balaban J connectivity index is 2.15. The highest BCUT2D eigenvalue weighted by Crippen LogP contribution is 2.51. The van der Waals surface area contributed by atoms with Gasteiger partial charge in [0, 0.05) is 4.92 Å². The molecule has 0 spiro atoms. The van der Waals surface area contributed by atoms with E-state index >= 15 is 0 Å². The number of carbonyl (C=O) groups excluding carboxylic acids is 1. The number of nitrogens with zero attached hydrogens (tertiary/aromatic N) is 1. The average Bonchev–Trinajstić information content (AvgIpc) is 2.59. The maximum absolute atomic E-state index is 12.2. The Labute approximate surface area is 138 Å². The number of fused-ring (bicyclic) bond motifs is 2. The highest BCUT2D eigenvalue weighted by molar-refractivity contribution is 5.76. The first-order valence-corrected chi connectivity index (χ1v) is 7.66. The van der Waals surface area contributed by atoms with Crippen molar-refractivity contribution in [1.29, 1.82) is 0 Å². The van der Waals surface area contributed by atoms with Crippen molar-refractivity contribution in [3.05, 3.63) is 33.9 Å². The Hall–Kier alpha value is -2.35. The number of carbonyl (C=O) groups is 1. The lowest BCUT2D eigenvalue weighted by Gasteiger charge is -2.46. The second-order valence-electron chi connectivity index (χ2n) is 6.15. The van der Waals surface area contributed by atoms with Gasteiger partial charge in [0.2, 0.25) is 0 Å². The molecule has 0 aromatic heterocycles. The molecule has 1 heterocycles. The molecule has 0 unspecified atom stereocenters. The van der Waals surface area contributed by atoms with Gasteiger partial charge in [-0.15, -0.1) is 0 Å². The lowest BCUT2D eigenvalue weighted by molar-refractivity contribution is -0.599. The Bertz CT molecular complexity index is 676. The normalized spacial score (nSPS) is 32.0. The molecular weight excluding hydrogens is 318 g/mol. The third-order valence-electron chi connectivity index (χ3n) is 5.12. The molecule has 0 amide bonds. The number of aliphatic hydroxyl groups excluding tert-OH is 1. The van der Waals surface area contributed by atoms with Crippen molar-refractivity contribution in [1.82, 2.24) is 0 Å². The number of benzene rings is 1. The summed E-state index contributed by atoms with van der Waals surface area (Å²) in [5.41, 5.74) is -1.18. The summed E-state index contributed by atoms with van der Waals surface area (Å²) in [7, 11) is 2.96. The van der Waals surface area contributed by atoms with Gasteiger partial charge >= 0.3 is 5.97 Å². The van der Waals surface area contributed by atoms with Crippen molar-refractivity contribution < 1.29 is 29.0 Å². The van der Waals surface area contributed by atoms with E-state index in [1.54, 1.807) is 18.2 Å². The summed E-state index contributed by atoms with van der Waals surface area (Å²) in [4.78, 5) is 23.5. The van der Waals surface area contributed by atoms with E-state index < -0.39 is 41.0 Å². The monoisotopic (exact) mass is 337 g/mol. The van der Waals surface area contributed by atoms with Gasteiger partial charge in [0.1, 0.15) is 6.10 Å². The number of cyclic esters (lactones) is 1. The summed E-state index contributed by atoms with van der Waals surface area (Å²) >= 11 is 0. The average molecular weight is 337 g/mol. The minimum Gasteiger partial charge on any atom is -0.493 e. The van der Waals surface area contributed by atoms with Gasteiger partial charge in [-0.25, -0.2) is 0 Å². The molecule has 130 valence electrons. The van der Waals surface area contributed by atoms with Gasteiger partial charge in [-0.05, 0) is 30.5 Å². The van der Waals surface area contributed by atoms with Gasteiger partial charge in [-0.2, -0.15) is 0 Å². The summed E-state index contributed by atoms with van der Waals surface area (Å²) < 4.78 is 15.5. The minimum absolute atomic E-state index is 0.199. The van der Waals surface area contributed by atoms with E-state index in [1.807, 2.05) is 0 Å². The molecule has 3 rings (SSSR count). The van der Waals surface area contributed by atoms with Gasteiger partial charge in [0.05, 0.1) is 26.1 Å². The second kappa shape index (κ2) is 5.94. The summed E-state index contributed by atoms with van der Waals surface area (Å²) in [6.45, 7) is -0.435. The topological polar surface area (TPSA) is 108 Å². The number of rotatable bonds is 4. The molecule has 4 atom stereocenters. The standard InChI is InChI=1S/C16H19NO7/c1-22-11-5-3-9(7-12(11)23-2)14-10-4-6-13(18)16(14,17(20)21)8-24-15(10)19/h3,5,7,10,13-14,18H,4,6,8H2,1-2H3/t10-,13+,14-,16-/m1/s1. The molecule has 2 aliphatic rings. The number of methoxy groups -OCH3 is 2. The van der Waals surface area contributed by atoms with Crippen LogP contribution in [0.1, 0.15) is 24.3 Å². The molecule has 24 heavy (non-hydrogen) atoms. The van der Waals surface area contributed by atoms with E-state index in [2.05, 4.69) is 0 Å². The number of ether oxygens (including phenoxy) is 3. The fourth-order valence-corrected chi connectivity index (χ4v) is 3.90. The number of nitro groups is 1. The van der Waals surface area contributed by atoms with E-state index in [9.17, 15) is 20.0 Å². The van der Waals surface area contributed by atoms with Crippen molar-refractivity contribution in [2.45, 2.75) is 30.4 Å². The van der Waals surface area contributed by atoms with Crippen LogP contribution in [0.3, 0.4) is 0 Å². The van der Waals surface area contributed by atoms with Crippen LogP contribution in [0.2, 0.25) is 0 Å². The summed E-state index contributed by atoms with van der Waals surface area (Å²) in [6, 6.07) is 4.95. The molecule has 2 fully saturated rings.